The van der Waals surface area contributed by atoms with Crippen molar-refractivity contribution in [1.29, 1.82) is 0 Å². The van der Waals surface area contributed by atoms with Gasteiger partial charge in [0.1, 0.15) is 5.82 Å². The number of aromatic amines is 1. The molecule has 0 aliphatic carbocycles. The molecule has 5 rings (SSSR count). The van der Waals surface area contributed by atoms with E-state index in [4.69, 9.17) is 4.98 Å². The second-order valence-corrected chi connectivity index (χ2v) is 8.81. The number of nitrogens with zero attached hydrogens (tertiary/aromatic N) is 4. The molecule has 1 aliphatic heterocycles. The van der Waals surface area contributed by atoms with Crippen LogP contribution in [0.5, 0.6) is 0 Å². The van der Waals surface area contributed by atoms with E-state index < -0.39 is 0 Å². The summed E-state index contributed by atoms with van der Waals surface area (Å²) in [4.78, 5) is 23.4. The maximum absolute atomic E-state index is 12.8. The summed E-state index contributed by atoms with van der Waals surface area (Å²) in [7, 11) is 0. The molecule has 1 unspecified atom stereocenters. The number of anilines is 1. The van der Waals surface area contributed by atoms with Gasteiger partial charge in [-0.25, -0.2) is 4.98 Å². The van der Waals surface area contributed by atoms with Gasteiger partial charge in [-0.2, -0.15) is 5.10 Å². The summed E-state index contributed by atoms with van der Waals surface area (Å²) in [6.07, 6.45) is 4.48. The topological polar surface area (TPSA) is 78.8 Å². The molecule has 7 heteroatoms. The normalized spacial score (nSPS) is 17.2. The first-order chi connectivity index (χ1) is 15.0. The minimum Gasteiger partial charge on any atom is -0.341 e. The van der Waals surface area contributed by atoms with Gasteiger partial charge in [0.05, 0.1) is 23.1 Å². The molecule has 1 atom stereocenters. The summed E-state index contributed by atoms with van der Waals surface area (Å²) >= 11 is 0. The number of carbonyl (C=O) groups excluding carboxylic acids is 1. The number of imidazole rings is 1. The van der Waals surface area contributed by atoms with E-state index in [0.717, 1.165) is 46.5 Å². The molecule has 1 aliphatic rings. The number of H-pyrrole nitrogens is 1. The van der Waals surface area contributed by atoms with E-state index in [1.807, 2.05) is 47.3 Å². The van der Waals surface area contributed by atoms with E-state index in [0.29, 0.717) is 11.6 Å². The minimum atomic E-state index is -0.135. The molecule has 0 saturated carbocycles. The molecule has 0 spiro atoms. The van der Waals surface area contributed by atoms with Crippen molar-refractivity contribution in [3.63, 3.8) is 0 Å². The van der Waals surface area contributed by atoms with E-state index in [2.05, 4.69) is 41.1 Å². The van der Waals surface area contributed by atoms with Gasteiger partial charge < -0.3 is 10.3 Å². The third-order valence-corrected chi connectivity index (χ3v) is 6.15. The predicted octanol–water partition coefficient (Wildman–Crippen LogP) is 4.73. The van der Waals surface area contributed by atoms with Crippen LogP contribution < -0.4 is 5.32 Å². The van der Waals surface area contributed by atoms with Crippen molar-refractivity contribution < 1.29 is 4.79 Å². The van der Waals surface area contributed by atoms with Crippen molar-refractivity contribution >= 4 is 33.5 Å². The third-order valence-electron chi connectivity index (χ3n) is 6.15. The Morgan fingerprint density at radius 1 is 1.23 bits per heavy atom. The van der Waals surface area contributed by atoms with Gasteiger partial charge in [-0.1, -0.05) is 0 Å². The van der Waals surface area contributed by atoms with Crippen LogP contribution >= 0.6 is 0 Å². The molecule has 1 fully saturated rings. The van der Waals surface area contributed by atoms with Crippen LogP contribution in [0.15, 0.2) is 42.6 Å². The molecule has 3 heterocycles. The molecule has 1 amide bonds. The maximum Gasteiger partial charge on any atom is 0.255 e. The average Bonchev–Trinajstić information content (AvgIpc) is 3.45. The third kappa shape index (κ3) is 3.93. The fourth-order valence-electron chi connectivity index (χ4n) is 4.29. The van der Waals surface area contributed by atoms with Crippen molar-refractivity contribution in [2.24, 2.45) is 0 Å². The lowest BCUT2D eigenvalue weighted by molar-refractivity contribution is 0.102. The van der Waals surface area contributed by atoms with Gasteiger partial charge in [-0.3, -0.25) is 14.4 Å². The summed E-state index contributed by atoms with van der Waals surface area (Å²) < 4.78 is 1.92. The Kier molecular flexibility index (Phi) is 4.98. The lowest BCUT2D eigenvalue weighted by atomic mass is 10.1. The standard InChI is InChI=1S/C24H28N6O/c1-15(2)30-13-18-11-17(6-8-20(18)28-30)24(31)25-19-7-9-21-22(12-19)27-23(26-21)14-29-10-4-5-16(29)3/h6-9,11-13,15-16H,4-5,10,14H2,1-3H3,(H,25,31)(H,26,27). The van der Waals surface area contributed by atoms with Gasteiger partial charge in [-0.05, 0) is 76.6 Å². The molecule has 0 bridgehead atoms. The molecule has 160 valence electrons. The zero-order valence-corrected chi connectivity index (χ0v) is 18.2. The first-order valence-electron chi connectivity index (χ1n) is 11.0. The zero-order valence-electron chi connectivity index (χ0n) is 18.2. The number of aromatic nitrogens is 4. The van der Waals surface area contributed by atoms with Crippen molar-refractivity contribution in [2.45, 2.75) is 52.2 Å². The molecule has 0 radical (unpaired) electrons. The van der Waals surface area contributed by atoms with Crippen LogP contribution in [0.2, 0.25) is 0 Å². The number of nitrogens with one attached hydrogen (secondary N) is 2. The van der Waals surface area contributed by atoms with Gasteiger partial charge in [0, 0.05) is 34.9 Å². The lowest BCUT2D eigenvalue weighted by Crippen LogP contribution is -2.26. The molecule has 2 N–H and O–H groups in total. The Morgan fingerprint density at radius 3 is 2.84 bits per heavy atom. The minimum absolute atomic E-state index is 0.135. The summed E-state index contributed by atoms with van der Waals surface area (Å²) in [5.41, 5.74) is 4.11. The maximum atomic E-state index is 12.8. The van der Waals surface area contributed by atoms with E-state index in [9.17, 15) is 4.79 Å². The van der Waals surface area contributed by atoms with Gasteiger partial charge in [0.25, 0.3) is 5.91 Å². The SMILES string of the molecule is CC1CCCN1Cc1nc2ccc(NC(=O)c3ccc4nn(C(C)C)cc4c3)cc2[nH]1. The highest BCUT2D eigenvalue weighted by Gasteiger charge is 2.21. The second kappa shape index (κ2) is 7.81. The molecular formula is C24H28N6O. The summed E-state index contributed by atoms with van der Waals surface area (Å²) in [5.74, 6) is 0.837. The molecule has 1 saturated heterocycles. The first-order valence-corrected chi connectivity index (χ1v) is 11.0. The van der Waals surface area contributed by atoms with Gasteiger partial charge >= 0.3 is 0 Å². The summed E-state index contributed by atoms with van der Waals surface area (Å²) in [6, 6.07) is 12.3. The van der Waals surface area contributed by atoms with Gasteiger partial charge in [0.15, 0.2) is 0 Å². The van der Waals surface area contributed by atoms with Crippen molar-refractivity contribution in [2.75, 3.05) is 11.9 Å². The second-order valence-electron chi connectivity index (χ2n) is 8.81. The highest BCUT2D eigenvalue weighted by molar-refractivity contribution is 6.06. The number of rotatable bonds is 5. The Balaban J connectivity index is 1.33. The van der Waals surface area contributed by atoms with E-state index >= 15 is 0 Å². The summed E-state index contributed by atoms with van der Waals surface area (Å²) in [6.45, 7) is 8.40. The van der Waals surface area contributed by atoms with E-state index in [1.165, 1.54) is 12.8 Å². The molecule has 4 aromatic rings. The molecular weight excluding hydrogens is 388 g/mol. The van der Waals surface area contributed by atoms with Crippen LogP contribution in [0.1, 0.15) is 55.8 Å². The Morgan fingerprint density at radius 2 is 2.06 bits per heavy atom. The highest BCUT2D eigenvalue weighted by atomic mass is 16.1. The zero-order chi connectivity index (χ0) is 21.5. The van der Waals surface area contributed by atoms with Crippen LogP contribution in [0.4, 0.5) is 5.69 Å². The fourth-order valence-corrected chi connectivity index (χ4v) is 4.29. The number of hydrogen-bond donors (Lipinski definition) is 2. The number of fused-ring (bicyclic) bond motifs is 2. The molecule has 2 aromatic carbocycles. The fraction of sp³-hybridized carbons (Fsp3) is 0.375. The first kappa shape index (κ1) is 19.8. The molecule has 2 aromatic heterocycles. The van der Waals surface area contributed by atoms with Crippen molar-refractivity contribution in [3.05, 3.63) is 54.0 Å². The quantitative estimate of drug-likeness (QED) is 0.493. The van der Waals surface area contributed by atoms with Crippen LogP contribution in [0, 0.1) is 0 Å². The Bertz CT molecular complexity index is 1250. The Labute approximate surface area is 181 Å². The number of carbonyl (C=O) groups is 1. The van der Waals surface area contributed by atoms with Crippen LogP contribution in [-0.2, 0) is 6.54 Å². The molecule has 31 heavy (non-hydrogen) atoms. The van der Waals surface area contributed by atoms with E-state index in [-0.39, 0.29) is 11.9 Å². The van der Waals surface area contributed by atoms with Gasteiger partial charge in [-0.15, -0.1) is 0 Å². The highest BCUT2D eigenvalue weighted by Crippen LogP contribution is 2.23. The van der Waals surface area contributed by atoms with Crippen molar-refractivity contribution in [1.82, 2.24) is 24.6 Å². The van der Waals surface area contributed by atoms with Gasteiger partial charge in [0.2, 0.25) is 0 Å². The number of benzene rings is 2. The van der Waals surface area contributed by atoms with Crippen LogP contribution in [-0.4, -0.2) is 43.1 Å². The number of hydrogen-bond acceptors (Lipinski definition) is 4. The predicted molar refractivity (Wildman–Crippen MR) is 123 cm³/mol. The largest absolute Gasteiger partial charge is 0.341 e. The average molecular weight is 417 g/mol. The summed E-state index contributed by atoms with van der Waals surface area (Å²) in [5, 5.41) is 8.52. The molecule has 7 nitrogen and oxygen atoms in total. The van der Waals surface area contributed by atoms with Crippen LogP contribution in [0.3, 0.4) is 0 Å². The monoisotopic (exact) mass is 416 g/mol. The van der Waals surface area contributed by atoms with Crippen LogP contribution in [0.25, 0.3) is 21.9 Å². The number of likely N-dealkylation sites (tertiary alicyclic amines) is 1. The smallest absolute Gasteiger partial charge is 0.255 e. The van der Waals surface area contributed by atoms with E-state index in [1.54, 1.807) is 0 Å². The Hall–Kier alpha value is -3.19. The lowest BCUT2D eigenvalue weighted by Gasteiger charge is -2.19. The van der Waals surface area contributed by atoms with Crippen molar-refractivity contribution in [3.8, 4) is 0 Å². The number of amides is 1.